The zero-order chi connectivity index (χ0) is 18.6. The summed E-state index contributed by atoms with van der Waals surface area (Å²) in [5.41, 5.74) is 1.82. The number of esters is 1. The van der Waals surface area contributed by atoms with E-state index in [0.29, 0.717) is 5.92 Å². The maximum absolute atomic E-state index is 12.8. The van der Waals surface area contributed by atoms with Crippen molar-refractivity contribution >= 4 is 5.97 Å². The molecule has 144 valence electrons. The second kappa shape index (κ2) is 8.56. The van der Waals surface area contributed by atoms with Crippen molar-refractivity contribution in [3.8, 4) is 0 Å². The molecule has 3 rings (SSSR count). The number of ether oxygens (including phenoxy) is 1. The Balaban J connectivity index is 1.67. The molecule has 1 unspecified atom stereocenters. The lowest BCUT2D eigenvalue weighted by Gasteiger charge is -2.44. The fourth-order valence-electron chi connectivity index (χ4n) is 5.27. The maximum Gasteiger partial charge on any atom is 0.338 e. The molecule has 0 radical (unpaired) electrons. The number of hydrogen-bond acceptors (Lipinski definition) is 2. The van der Waals surface area contributed by atoms with E-state index in [-0.39, 0.29) is 12.1 Å². The average molecular weight is 359 g/mol. The van der Waals surface area contributed by atoms with Crippen LogP contribution in [0.15, 0.2) is 24.3 Å². The van der Waals surface area contributed by atoms with Gasteiger partial charge in [0.05, 0.1) is 24.7 Å². The van der Waals surface area contributed by atoms with Gasteiger partial charge in [0.2, 0.25) is 0 Å². The lowest BCUT2D eigenvalue weighted by molar-refractivity contribution is -0.944. The van der Waals surface area contributed by atoms with Crippen LogP contribution in [0.5, 0.6) is 0 Å². The third kappa shape index (κ3) is 4.31. The molecule has 1 aliphatic heterocycles. The Morgan fingerprint density at radius 2 is 1.69 bits per heavy atom. The van der Waals surface area contributed by atoms with E-state index >= 15 is 0 Å². The van der Waals surface area contributed by atoms with Crippen molar-refractivity contribution in [3.63, 3.8) is 0 Å². The molecule has 3 nitrogen and oxygen atoms in total. The minimum absolute atomic E-state index is 0.0252. The molecule has 1 heterocycles. The molecule has 0 amide bonds. The largest absolute Gasteiger partial charge is 0.453 e. The van der Waals surface area contributed by atoms with Gasteiger partial charge in [0.25, 0.3) is 0 Å². The summed E-state index contributed by atoms with van der Waals surface area (Å²) in [5, 5.41) is 0. The van der Waals surface area contributed by atoms with E-state index in [1.807, 2.05) is 24.3 Å². The van der Waals surface area contributed by atoms with E-state index in [2.05, 4.69) is 20.8 Å². The fourth-order valence-corrected chi connectivity index (χ4v) is 5.27. The summed E-state index contributed by atoms with van der Waals surface area (Å²) in [7, 11) is 0. The van der Waals surface area contributed by atoms with Gasteiger partial charge < -0.3 is 9.22 Å². The Morgan fingerprint density at radius 1 is 1.04 bits per heavy atom. The van der Waals surface area contributed by atoms with Gasteiger partial charge >= 0.3 is 5.97 Å². The van der Waals surface area contributed by atoms with Crippen molar-refractivity contribution in [2.75, 3.05) is 19.6 Å². The van der Waals surface area contributed by atoms with E-state index in [1.165, 1.54) is 62.5 Å². The molecule has 0 spiro atoms. The quantitative estimate of drug-likeness (QED) is 0.509. The van der Waals surface area contributed by atoms with E-state index < -0.39 is 0 Å². The SMILES string of the molecule is CC(C[N+]1(C2CCCCC2)CCCC1)OC(=O)c1ccccc1C(C)C. The molecular formula is C23H36NO2+. The van der Waals surface area contributed by atoms with Crippen LogP contribution in [0.2, 0.25) is 0 Å². The highest BCUT2D eigenvalue weighted by Gasteiger charge is 2.41. The summed E-state index contributed by atoms with van der Waals surface area (Å²) >= 11 is 0. The zero-order valence-corrected chi connectivity index (χ0v) is 16.9. The van der Waals surface area contributed by atoms with Crippen LogP contribution in [0.25, 0.3) is 0 Å². The van der Waals surface area contributed by atoms with Gasteiger partial charge in [-0.1, -0.05) is 38.5 Å². The lowest BCUT2D eigenvalue weighted by atomic mass is 9.92. The van der Waals surface area contributed by atoms with Gasteiger partial charge in [-0.25, -0.2) is 4.79 Å². The molecule has 2 fully saturated rings. The van der Waals surface area contributed by atoms with Gasteiger partial charge in [-0.2, -0.15) is 0 Å². The molecule has 1 aromatic rings. The van der Waals surface area contributed by atoms with E-state index in [1.54, 1.807) is 0 Å². The summed E-state index contributed by atoms with van der Waals surface area (Å²) in [5.74, 6) is 0.177. The molecule has 3 heteroatoms. The highest BCUT2D eigenvalue weighted by molar-refractivity contribution is 5.91. The Bertz CT molecular complexity index is 598. The predicted molar refractivity (Wildman–Crippen MR) is 106 cm³/mol. The van der Waals surface area contributed by atoms with E-state index in [9.17, 15) is 4.79 Å². The van der Waals surface area contributed by atoms with Gasteiger partial charge in [0.1, 0.15) is 12.6 Å². The predicted octanol–water partition coefficient (Wildman–Crippen LogP) is 5.30. The van der Waals surface area contributed by atoms with Crippen LogP contribution in [0.4, 0.5) is 0 Å². The Kier molecular flexibility index (Phi) is 6.39. The first-order valence-corrected chi connectivity index (χ1v) is 10.7. The van der Waals surface area contributed by atoms with Crippen LogP contribution in [0.3, 0.4) is 0 Å². The monoisotopic (exact) mass is 358 g/mol. The molecule has 0 bridgehead atoms. The van der Waals surface area contributed by atoms with Gasteiger partial charge in [-0.05, 0) is 50.2 Å². The summed E-state index contributed by atoms with van der Waals surface area (Å²) in [6, 6.07) is 8.68. The highest BCUT2D eigenvalue weighted by Crippen LogP contribution is 2.33. The number of likely N-dealkylation sites (tertiary alicyclic amines) is 1. The fraction of sp³-hybridized carbons (Fsp3) is 0.696. The third-order valence-corrected chi connectivity index (χ3v) is 6.54. The molecule has 2 aliphatic rings. The van der Waals surface area contributed by atoms with Crippen molar-refractivity contribution in [3.05, 3.63) is 35.4 Å². The van der Waals surface area contributed by atoms with Gasteiger partial charge in [-0.3, -0.25) is 0 Å². The first-order chi connectivity index (χ1) is 12.5. The van der Waals surface area contributed by atoms with Crippen molar-refractivity contribution < 1.29 is 14.0 Å². The van der Waals surface area contributed by atoms with Crippen molar-refractivity contribution in [2.45, 2.75) is 83.8 Å². The molecule has 1 aromatic carbocycles. The molecule has 26 heavy (non-hydrogen) atoms. The zero-order valence-electron chi connectivity index (χ0n) is 16.9. The summed E-state index contributed by atoms with van der Waals surface area (Å²) < 4.78 is 7.15. The third-order valence-electron chi connectivity index (χ3n) is 6.54. The molecule has 1 aliphatic carbocycles. The molecule has 1 saturated carbocycles. The molecule has 0 aromatic heterocycles. The average Bonchev–Trinajstić information content (AvgIpc) is 3.12. The van der Waals surface area contributed by atoms with Crippen LogP contribution < -0.4 is 0 Å². The smallest absolute Gasteiger partial charge is 0.338 e. The van der Waals surface area contributed by atoms with Gasteiger partial charge in [0, 0.05) is 12.8 Å². The van der Waals surface area contributed by atoms with Crippen LogP contribution >= 0.6 is 0 Å². The van der Waals surface area contributed by atoms with Crippen LogP contribution in [0.1, 0.15) is 87.6 Å². The first kappa shape index (κ1) is 19.4. The van der Waals surface area contributed by atoms with E-state index in [0.717, 1.165) is 23.7 Å². The number of hydrogen-bond donors (Lipinski definition) is 0. The second-order valence-electron chi connectivity index (χ2n) is 8.81. The molecular weight excluding hydrogens is 322 g/mol. The summed E-state index contributed by atoms with van der Waals surface area (Å²) in [6.45, 7) is 9.88. The summed E-state index contributed by atoms with van der Waals surface area (Å²) in [4.78, 5) is 12.8. The number of carbonyl (C=O) groups is 1. The van der Waals surface area contributed by atoms with Crippen LogP contribution in [0, 0.1) is 0 Å². The number of carbonyl (C=O) groups excluding carboxylic acids is 1. The van der Waals surface area contributed by atoms with Gasteiger partial charge in [-0.15, -0.1) is 0 Å². The minimum atomic E-state index is -0.150. The lowest BCUT2D eigenvalue weighted by Crippen LogP contribution is -2.57. The Morgan fingerprint density at radius 3 is 2.35 bits per heavy atom. The van der Waals surface area contributed by atoms with Crippen LogP contribution in [-0.4, -0.2) is 42.2 Å². The van der Waals surface area contributed by atoms with Crippen molar-refractivity contribution in [2.24, 2.45) is 0 Å². The normalized spacial score (nSPS) is 21.7. The highest BCUT2D eigenvalue weighted by atomic mass is 16.5. The minimum Gasteiger partial charge on any atom is -0.453 e. The number of benzene rings is 1. The number of rotatable bonds is 6. The Labute approximate surface area is 159 Å². The Hall–Kier alpha value is -1.35. The first-order valence-electron chi connectivity index (χ1n) is 10.7. The summed E-state index contributed by atoms with van der Waals surface area (Å²) in [6.07, 6.45) is 9.49. The van der Waals surface area contributed by atoms with Crippen molar-refractivity contribution in [1.82, 2.24) is 0 Å². The topological polar surface area (TPSA) is 26.3 Å². The van der Waals surface area contributed by atoms with Crippen LogP contribution in [-0.2, 0) is 4.74 Å². The van der Waals surface area contributed by atoms with Crippen molar-refractivity contribution in [1.29, 1.82) is 0 Å². The second-order valence-corrected chi connectivity index (χ2v) is 8.81. The molecule has 1 saturated heterocycles. The standard InChI is InChI=1S/C23H36NO2/c1-18(2)21-13-7-8-14-22(21)23(25)26-19(3)17-24(15-9-10-16-24)20-11-5-4-6-12-20/h7-8,13-14,18-20H,4-6,9-12,15-17H2,1-3H3/q+1. The maximum atomic E-state index is 12.8. The molecule has 0 N–H and O–H groups in total. The number of quaternary nitrogens is 1. The number of nitrogens with zero attached hydrogens (tertiary/aromatic N) is 1. The van der Waals surface area contributed by atoms with Gasteiger partial charge in [0.15, 0.2) is 0 Å². The van der Waals surface area contributed by atoms with E-state index in [4.69, 9.17) is 4.74 Å². The molecule has 1 atom stereocenters.